The third kappa shape index (κ3) is 3.68. The van der Waals surface area contributed by atoms with Gasteiger partial charge >= 0.3 is 0 Å². The minimum absolute atomic E-state index is 0.470. The molecule has 90 valence electrons. The fourth-order valence-electron chi connectivity index (χ4n) is 1.36. The molecule has 0 spiro atoms. The van der Waals surface area contributed by atoms with Gasteiger partial charge in [0.15, 0.2) is 0 Å². The SMILES string of the molecule is C=C/C=C(\C=C(\C)N)c1cc(N)cc(OC)n1. The number of nitrogen functional groups attached to an aromatic ring is 1. The van der Waals surface area contributed by atoms with Crippen LogP contribution in [0.4, 0.5) is 5.69 Å². The van der Waals surface area contributed by atoms with E-state index in [2.05, 4.69) is 11.6 Å². The summed E-state index contributed by atoms with van der Waals surface area (Å²) in [4.78, 5) is 4.31. The minimum atomic E-state index is 0.470. The number of nitrogens with two attached hydrogens (primary N) is 2. The molecule has 1 heterocycles. The molecule has 0 aliphatic carbocycles. The molecule has 0 radical (unpaired) electrons. The third-order valence-electron chi connectivity index (χ3n) is 2.01. The molecule has 17 heavy (non-hydrogen) atoms. The van der Waals surface area contributed by atoms with Gasteiger partial charge in [-0.1, -0.05) is 18.7 Å². The van der Waals surface area contributed by atoms with Crippen LogP contribution in [0.1, 0.15) is 12.6 Å². The number of ether oxygens (including phenoxy) is 1. The van der Waals surface area contributed by atoms with Crippen LogP contribution in [0, 0.1) is 0 Å². The van der Waals surface area contributed by atoms with Gasteiger partial charge in [0.25, 0.3) is 0 Å². The van der Waals surface area contributed by atoms with E-state index in [4.69, 9.17) is 16.2 Å². The van der Waals surface area contributed by atoms with E-state index in [1.165, 1.54) is 0 Å². The average molecular weight is 231 g/mol. The smallest absolute Gasteiger partial charge is 0.215 e. The molecular weight excluding hydrogens is 214 g/mol. The maximum absolute atomic E-state index is 5.77. The van der Waals surface area contributed by atoms with Gasteiger partial charge in [0.2, 0.25) is 5.88 Å². The van der Waals surface area contributed by atoms with Crippen molar-refractivity contribution in [2.45, 2.75) is 6.92 Å². The summed E-state index contributed by atoms with van der Waals surface area (Å²) in [6.45, 7) is 5.47. The number of pyridine rings is 1. The lowest BCUT2D eigenvalue weighted by molar-refractivity contribution is 0.398. The van der Waals surface area contributed by atoms with E-state index >= 15 is 0 Å². The van der Waals surface area contributed by atoms with Crippen molar-refractivity contribution in [2.75, 3.05) is 12.8 Å². The largest absolute Gasteiger partial charge is 0.481 e. The van der Waals surface area contributed by atoms with E-state index in [1.807, 2.05) is 12.2 Å². The second-order valence-electron chi connectivity index (χ2n) is 3.57. The molecule has 0 bridgehead atoms. The standard InChI is InChI=1S/C13H17N3O/c1-4-5-10(6-9(2)14)12-7-11(15)8-13(16-12)17-3/h4-8H,1,14H2,2-3H3,(H2,15,16)/b9-6-,10-5+. The quantitative estimate of drug-likeness (QED) is 0.778. The number of allylic oxidation sites excluding steroid dienone is 5. The van der Waals surface area contributed by atoms with Crippen LogP contribution in [0.3, 0.4) is 0 Å². The minimum Gasteiger partial charge on any atom is -0.481 e. The van der Waals surface area contributed by atoms with E-state index < -0.39 is 0 Å². The Bertz CT molecular complexity index is 472. The zero-order chi connectivity index (χ0) is 12.8. The molecule has 0 saturated carbocycles. The molecule has 0 saturated heterocycles. The van der Waals surface area contributed by atoms with E-state index in [0.29, 0.717) is 23.0 Å². The molecule has 0 fully saturated rings. The van der Waals surface area contributed by atoms with Gasteiger partial charge in [-0.05, 0) is 19.1 Å². The lowest BCUT2D eigenvalue weighted by atomic mass is 10.1. The summed E-state index contributed by atoms with van der Waals surface area (Å²) >= 11 is 0. The first-order chi connectivity index (χ1) is 8.06. The van der Waals surface area contributed by atoms with Crippen LogP contribution >= 0.6 is 0 Å². The van der Waals surface area contributed by atoms with E-state index in [0.717, 1.165) is 5.57 Å². The van der Waals surface area contributed by atoms with E-state index in [9.17, 15) is 0 Å². The number of rotatable bonds is 4. The molecule has 1 aromatic rings. The van der Waals surface area contributed by atoms with Crippen LogP contribution in [-0.4, -0.2) is 12.1 Å². The Morgan fingerprint density at radius 2 is 2.18 bits per heavy atom. The number of hydrogen-bond acceptors (Lipinski definition) is 4. The monoisotopic (exact) mass is 231 g/mol. The molecule has 1 rings (SSSR count). The second-order valence-corrected chi connectivity index (χ2v) is 3.57. The molecule has 0 aliphatic heterocycles. The van der Waals surface area contributed by atoms with Gasteiger partial charge in [-0.3, -0.25) is 0 Å². The van der Waals surface area contributed by atoms with E-state index in [-0.39, 0.29) is 0 Å². The Kier molecular flexibility index (Phi) is 4.34. The van der Waals surface area contributed by atoms with Crippen LogP contribution in [0.15, 0.2) is 42.6 Å². The van der Waals surface area contributed by atoms with Crippen molar-refractivity contribution in [3.8, 4) is 5.88 Å². The van der Waals surface area contributed by atoms with Crippen LogP contribution in [0.5, 0.6) is 5.88 Å². The summed E-state index contributed by atoms with van der Waals surface area (Å²) in [5.74, 6) is 0.470. The highest BCUT2D eigenvalue weighted by Crippen LogP contribution is 2.21. The number of hydrogen-bond donors (Lipinski definition) is 2. The molecule has 0 aromatic carbocycles. The maximum Gasteiger partial charge on any atom is 0.215 e. The average Bonchev–Trinajstić information content (AvgIpc) is 2.27. The van der Waals surface area contributed by atoms with Crippen molar-refractivity contribution in [1.82, 2.24) is 4.98 Å². The van der Waals surface area contributed by atoms with Crippen molar-refractivity contribution < 1.29 is 4.74 Å². The van der Waals surface area contributed by atoms with Crippen molar-refractivity contribution in [3.63, 3.8) is 0 Å². The Balaban J connectivity index is 3.28. The van der Waals surface area contributed by atoms with Crippen LogP contribution in [-0.2, 0) is 0 Å². The maximum atomic E-state index is 5.77. The molecule has 0 unspecified atom stereocenters. The summed E-state index contributed by atoms with van der Waals surface area (Å²) in [6, 6.07) is 3.42. The topological polar surface area (TPSA) is 74.2 Å². The summed E-state index contributed by atoms with van der Waals surface area (Å²) in [5.41, 5.74) is 14.2. The Labute approximate surface area is 101 Å². The molecule has 0 amide bonds. The predicted octanol–water partition coefficient (Wildman–Crippen LogP) is 2.10. The van der Waals surface area contributed by atoms with Crippen molar-refractivity contribution in [3.05, 3.63) is 48.3 Å². The lowest BCUT2D eigenvalue weighted by Gasteiger charge is -2.06. The summed E-state index contributed by atoms with van der Waals surface area (Å²) < 4.78 is 5.07. The van der Waals surface area contributed by atoms with Crippen LogP contribution in [0.25, 0.3) is 5.57 Å². The van der Waals surface area contributed by atoms with E-state index in [1.54, 1.807) is 32.2 Å². The predicted molar refractivity (Wildman–Crippen MR) is 71.3 cm³/mol. The molecule has 0 atom stereocenters. The van der Waals surface area contributed by atoms with Crippen molar-refractivity contribution >= 4 is 11.3 Å². The molecule has 4 heteroatoms. The van der Waals surface area contributed by atoms with Gasteiger partial charge in [-0.15, -0.1) is 0 Å². The first-order valence-electron chi connectivity index (χ1n) is 5.15. The highest BCUT2D eigenvalue weighted by molar-refractivity contribution is 5.75. The van der Waals surface area contributed by atoms with Gasteiger partial charge in [0.05, 0.1) is 12.8 Å². The zero-order valence-electron chi connectivity index (χ0n) is 10.1. The number of anilines is 1. The Hall–Kier alpha value is -2.23. The highest BCUT2D eigenvalue weighted by atomic mass is 16.5. The van der Waals surface area contributed by atoms with Gasteiger partial charge in [-0.25, -0.2) is 4.98 Å². The number of nitrogens with zero attached hydrogens (tertiary/aromatic N) is 1. The highest BCUT2D eigenvalue weighted by Gasteiger charge is 2.04. The summed E-state index contributed by atoms with van der Waals surface area (Å²) in [7, 11) is 1.55. The Morgan fingerprint density at radius 1 is 1.47 bits per heavy atom. The number of aromatic nitrogens is 1. The van der Waals surface area contributed by atoms with Gasteiger partial charge in [-0.2, -0.15) is 0 Å². The van der Waals surface area contributed by atoms with Gasteiger partial charge in [0, 0.05) is 23.0 Å². The first-order valence-corrected chi connectivity index (χ1v) is 5.15. The fraction of sp³-hybridized carbons (Fsp3) is 0.154. The Morgan fingerprint density at radius 3 is 2.71 bits per heavy atom. The van der Waals surface area contributed by atoms with Gasteiger partial charge < -0.3 is 16.2 Å². The zero-order valence-corrected chi connectivity index (χ0v) is 10.1. The first kappa shape index (κ1) is 12.8. The lowest BCUT2D eigenvalue weighted by Crippen LogP contribution is -1.98. The molecule has 1 aromatic heterocycles. The third-order valence-corrected chi connectivity index (χ3v) is 2.01. The van der Waals surface area contributed by atoms with Crippen molar-refractivity contribution in [1.29, 1.82) is 0 Å². The van der Waals surface area contributed by atoms with Crippen LogP contribution in [0.2, 0.25) is 0 Å². The number of methoxy groups -OCH3 is 1. The fourth-order valence-corrected chi connectivity index (χ4v) is 1.36. The summed E-state index contributed by atoms with van der Waals surface area (Å²) in [6.07, 6.45) is 5.30. The molecule has 4 nitrogen and oxygen atoms in total. The van der Waals surface area contributed by atoms with Gasteiger partial charge in [0.1, 0.15) is 0 Å². The summed E-state index contributed by atoms with van der Waals surface area (Å²) in [5, 5.41) is 0. The second kappa shape index (κ2) is 5.75. The molecule has 4 N–H and O–H groups in total. The van der Waals surface area contributed by atoms with Crippen LogP contribution < -0.4 is 16.2 Å². The molecule has 0 aliphatic rings. The van der Waals surface area contributed by atoms with Crippen molar-refractivity contribution in [2.24, 2.45) is 5.73 Å². The molecular formula is C13H17N3O. The normalized spacial score (nSPS) is 12.4.